The summed E-state index contributed by atoms with van der Waals surface area (Å²) in [5.41, 5.74) is 2.27. The van der Waals surface area contributed by atoms with Crippen LogP contribution in [0.1, 0.15) is 11.1 Å². The van der Waals surface area contributed by atoms with Gasteiger partial charge >= 0.3 is 8.97 Å². The van der Waals surface area contributed by atoms with Crippen LogP contribution in [0, 0.1) is 0 Å². The zero-order valence-electron chi connectivity index (χ0n) is 8.95. The molecular weight excluding hydrogens is 210 g/mol. The van der Waals surface area contributed by atoms with Gasteiger partial charge in [-0.15, -0.1) is 0 Å². The number of benzene rings is 1. The maximum atomic E-state index is 5.71. The lowest BCUT2D eigenvalue weighted by Crippen LogP contribution is -2.56. The van der Waals surface area contributed by atoms with Crippen LogP contribution in [0.4, 0.5) is 0 Å². The van der Waals surface area contributed by atoms with Crippen LogP contribution in [0.25, 0.3) is 0 Å². The van der Waals surface area contributed by atoms with E-state index in [4.69, 9.17) is 13.3 Å². The third-order valence-electron chi connectivity index (χ3n) is 2.46. The van der Waals surface area contributed by atoms with Gasteiger partial charge in [0.2, 0.25) is 0 Å². The van der Waals surface area contributed by atoms with E-state index in [0.717, 1.165) is 11.1 Å². The molecule has 0 unspecified atom stereocenters. The molecule has 3 rings (SSSR count). The first-order valence-electron chi connectivity index (χ1n) is 4.88. The van der Waals surface area contributed by atoms with Gasteiger partial charge in [0.05, 0.1) is 13.2 Å². The second-order valence-electron chi connectivity index (χ2n) is 3.40. The molecule has 2 heterocycles. The van der Waals surface area contributed by atoms with Gasteiger partial charge in [-0.2, -0.15) is 0 Å². The van der Waals surface area contributed by atoms with Gasteiger partial charge in [-0.3, -0.25) is 4.98 Å². The van der Waals surface area contributed by atoms with Crippen molar-refractivity contribution in [1.82, 2.24) is 4.98 Å². The summed E-state index contributed by atoms with van der Waals surface area (Å²) in [5.74, 6) is 0. The van der Waals surface area contributed by atoms with E-state index in [1.165, 1.54) is 0 Å². The van der Waals surface area contributed by atoms with Crippen molar-refractivity contribution in [3.8, 4) is 0 Å². The summed E-state index contributed by atoms with van der Waals surface area (Å²) in [4.78, 5) is 3.02. The Hall–Kier alpha value is -0.723. The summed E-state index contributed by atoms with van der Waals surface area (Å²) in [7, 11) is 0.746. The molecule has 82 valence electrons. The summed E-state index contributed by atoms with van der Waals surface area (Å²) in [6.45, 7) is 1.03. The molecule has 15 heavy (non-hydrogen) atoms. The zero-order chi connectivity index (χ0) is 10.7. The van der Waals surface area contributed by atoms with Crippen LogP contribution >= 0.6 is 0 Å². The monoisotopic (exact) mass is 225 g/mol. The normalized spacial score (nSPS) is 19.3. The highest BCUT2D eigenvalue weighted by atomic mass is 28.4. The van der Waals surface area contributed by atoms with Gasteiger partial charge in [-0.25, -0.2) is 0 Å². The SMILES string of the molecule is CN[Si]1(OC)OCc2ccc(cc2)CO1. The topological polar surface area (TPSA) is 39.7 Å². The maximum Gasteiger partial charge on any atom is 0.596 e. The Kier molecular flexibility index (Phi) is 3.18. The Balaban J connectivity index is 2.22. The maximum absolute atomic E-state index is 5.71. The highest BCUT2D eigenvalue weighted by molar-refractivity contribution is 6.57. The molecule has 4 nitrogen and oxygen atoms in total. The van der Waals surface area contributed by atoms with Gasteiger partial charge in [-0.05, 0) is 18.2 Å². The number of hydrogen-bond acceptors (Lipinski definition) is 4. The summed E-state index contributed by atoms with van der Waals surface area (Å²) in [6.07, 6.45) is 0. The van der Waals surface area contributed by atoms with Crippen molar-refractivity contribution in [1.29, 1.82) is 0 Å². The van der Waals surface area contributed by atoms with Crippen LogP contribution in [-0.4, -0.2) is 23.1 Å². The number of rotatable bonds is 2. The first kappa shape index (κ1) is 10.8. The molecule has 0 spiro atoms. The van der Waals surface area contributed by atoms with E-state index in [-0.39, 0.29) is 0 Å². The van der Waals surface area contributed by atoms with Crippen molar-refractivity contribution in [2.24, 2.45) is 0 Å². The van der Waals surface area contributed by atoms with E-state index in [1.807, 2.05) is 0 Å². The molecule has 0 aliphatic carbocycles. The summed E-state index contributed by atoms with van der Waals surface area (Å²) >= 11 is 0. The summed E-state index contributed by atoms with van der Waals surface area (Å²) in [5, 5.41) is 0. The Labute approximate surface area is 90.6 Å². The molecular formula is C10H15NO3Si. The van der Waals surface area contributed by atoms with Gasteiger partial charge in [0.25, 0.3) is 0 Å². The molecule has 2 aliphatic heterocycles. The molecule has 2 bridgehead atoms. The Morgan fingerprint density at radius 1 is 1.13 bits per heavy atom. The molecule has 0 saturated carbocycles. The quantitative estimate of drug-likeness (QED) is 0.763. The smallest absolute Gasteiger partial charge is 0.364 e. The minimum absolute atomic E-state index is 0.515. The van der Waals surface area contributed by atoms with Crippen LogP contribution < -0.4 is 4.98 Å². The molecule has 0 atom stereocenters. The minimum atomic E-state index is -2.66. The van der Waals surface area contributed by atoms with Crippen LogP contribution in [0.15, 0.2) is 24.3 Å². The van der Waals surface area contributed by atoms with Crippen molar-refractivity contribution in [3.05, 3.63) is 35.4 Å². The van der Waals surface area contributed by atoms with Gasteiger partial charge in [-0.1, -0.05) is 24.3 Å². The van der Waals surface area contributed by atoms with E-state index in [2.05, 4.69) is 29.2 Å². The fourth-order valence-corrected chi connectivity index (χ4v) is 3.02. The van der Waals surface area contributed by atoms with Crippen LogP contribution in [0.2, 0.25) is 0 Å². The van der Waals surface area contributed by atoms with Gasteiger partial charge in [0.1, 0.15) is 0 Å². The van der Waals surface area contributed by atoms with Crippen molar-refractivity contribution in [3.63, 3.8) is 0 Å². The second-order valence-corrected chi connectivity index (χ2v) is 6.00. The predicted octanol–water partition coefficient (Wildman–Crippen LogP) is 1.03. The van der Waals surface area contributed by atoms with Crippen molar-refractivity contribution in [2.75, 3.05) is 14.2 Å². The first-order valence-corrected chi connectivity index (χ1v) is 6.60. The molecule has 0 fully saturated rings. The molecule has 0 radical (unpaired) electrons. The molecule has 1 N–H and O–H groups in total. The molecule has 0 aromatic heterocycles. The standard InChI is InChI=1S/C10H15NO3Si/c1-11-15(12-2)13-7-9-3-4-10(6-5-9)8-14-15/h3-6,11H,7-8H2,1-2H3. The highest BCUT2D eigenvalue weighted by Crippen LogP contribution is 2.16. The average molecular weight is 225 g/mol. The molecule has 1 aromatic rings. The molecule has 0 saturated heterocycles. The summed E-state index contributed by atoms with van der Waals surface area (Å²) < 4.78 is 16.8. The second kappa shape index (κ2) is 4.42. The van der Waals surface area contributed by atoms with E-state index in [9.17, 15) is 0 Å². The first-order chi connectivity index (χ1) is 7.28. The number of nitrogens with one attached hydrogen (secondary N) is 1. The van der Waals surface area contributed by atoms with Gasteiger partial charge < -0.3 is 13.3 Å². The Morgan fingerprint density at radius 3 is 1.93 bits per heavy atom. The Morgan fingerprint density at radius 2 is 1.60 bits per heavy atom. The third-order valence-corrected chi connectivity index (χ3v) is 4.65. The van der Waals surface area contributed by atoms with Gasteiger partial charge in [0, 0.05) is 7.11 Å². The third kappa shape index (κ3) is 2.27. The fourth-order valence-electron chi connectivity index (χ4n) is 1.49. The van der Waals surface area contributed by atoms with E-state index in [1.54, 1.807) is 14.2 Å². The fraction of sp³-hybridized carbons (Fsp3) is 0.400. The number of hydrogen-bond donors (Lipinski definition) is 1. The zero-order valence-corrected chi connectivity index (χ0v) is 9.95. The van der Waals surface area contributed by atoms with Crippen LogP contribution in [-0.2, 0) is 26.5 Å². The Bertz CT molecular complexity index is 295. The van der Waals surface area contributed by atoms with Crippen LogP contribution in [0.3, 0.4) is 0 Å². The van der Waals surface area contributed by atoms with E-state index < -0.39 is 8.97 Å². The van der Waals surface area contributed by atoms with Crippen molar-refractivity contribution < 1.29 is 13.3 Å². The summed E-state index contributed by atoms with van der Waals surface area (Å²) in [6, 6.07) is 8.20. The minimum Gasteiger partial charge on any atom is -0.364 e. The lowest BCUT2D eigenvalue weighted by atomic mass is 10.1. The lowest BCUT2D eigenvalue weighted by molar-refractivity contribution is 0.0578. The number of fused-ring (bicyclic) bond motifs is 6. The largest absolute Gasteiger partial charge is 0.596 e. The van der Waals surface area contributed by atoms with E-state index in [0.29, 0.717) is 13.2 Å². The van der Waals surface area contributed by atoms with Crippen molar-refractivity contribution in [2.45, 2.75) is 13.2 Å². The molecule has 0 amide bonds. The van der Waals surface area contributed by atoms with Crippen LogP contribution in [0.5, 0.6) is 0 Å². The predicted molar refractivity (Wildman–Crippen MR) is 57.8 cm³/mol. The lowest BCUT2D eigenvalue weighted by Gasteiger charge is -2.25. The highest BCUT2D eigenvalue weighted by Gasteiger charge is 2.40. The molecule has 1 aromatic carbocycles. The van der Waals surface area contributed by atoms with Crippen molar-refractivity contribution >= 4 is 8.97 Å². The molecule has 5 heteroatoms. The molecule has 2 aliphatic rings. The average Bonchev–Trinajstić information content (AvgIpc) is 2.44. The van der Waals surface area contributed by atoms with E-state index >= 15 is 0 Å². The van der Waals surface area contributed by atoms with Gasteiger partial charge in [0.15, 0.2) is 0 Å².